The number of carbonyl (C=O) groups is 1. The fourth-order valence-corrected chi connectivity index (χ4v) is 5.70. The number of pyridine rings is 1. The van der Waals surface area contributed by atoms with Crippen molar-refractivity contribution >= 4 is 17.4 Å². The topological polar surface area (TPSA) is 95.0 Å². The van der Waals surface area contributed by atoms with Crippen molar-refractivity contribution in [2.45, 2.75) is 58.0 Å². The first-order chi connectivity index (χ1) is 17.0. The Morgan fingerprint density at radius 2 is 1.81 bits per heavy atom. The minimum absolute atomic E-state index is 0.0237. The van der Waals surface area contributed by atoms with E-state index in [4.69, 9.17) is 16.3 Å². The molecule has 0 unspecified atom stereocenters. The fourth-order valence-electron chi connectivity index (χ4n) is 5.48. The van der Waals surface area contributed by atoms with Gasteiger partial charge >= 0.3 is 0 Å². The van der Waals surface area contributed by atoms with Crippen molar-refractivity contribution in [2.75, 3.05) is 0 Å². The molecule has 1 aliphatic rings. The van der Waals surface area contributed by atoms with Crippen LogP contribution in [0.1, 0.15) is 62.9 Å². The van der Waals surface area contributed by atoms with Crippen molar-refractivity contribution < 1.29 is 9.53 Å². The fraction of sp³-hybridized carbons (Fsp3) is 0.345. The molecular formula is C29H30ClN3O3. The van der Waals surface area contributed by atoms with Crippen molar-refractivity contribution in [3.63, 3.8) is 0 Å². The SMILES string of the molecule is CC1(C)CC(CC(=O)c2ccc(Oc3cccc(-c4ccc(=O)[nH]c4)c3C#N)c(Cl)c2)CC(C)(C)N1. The van der Waals surface area contributed by atoms with Gasteiger partial charge in [-0.15, -0.1) is 0 Å². The molecule has 0 saturated carbocycles. The number of halogens is 1. The number of nitrogens with zero attached hydrogens (tertiary/aromatic N) is 1. The Morgan fingerprint density at radius 1 is 1.08 bits per heavy atom. The minimum Gasteiger partial charge on any atom is -0.454 e. The molecule has 1 saturated heterocycles. The summed E-state index contributed by atoms with van der Waals surface area (Å²) in [5.74, 6) is 1.03. The zero-order chi connectivity index (χ0) is 26.1. The predicted octanol–water partition coefficient (Wildman–Crippen LogP) is 6.49. The lowest BCUT2D eigenvalue weighted by Crippen LogP contribution is -2.57. The van der Waals surface area contributed by atoms with E-state index in [0.29, 0.717) is 45.2 Å². The number of H-pyrrole nitrogens is 1. The molecule has 0 bridgehead atoms. The quantitative estimate of drug-likeness (QED) is 0.375. The molecule has 4 rings (SSSR count). The molecular weight excluding hydrogens is 474 g/mol. The van der Waals surface area contributed by atoms with Gasteiger partial charge in [0, 0.05) is 40.9 Å². The first kappa shape index (κ1) is 25.7. The summed E-state index contributed by atoms with van der Waals surface area (Å²) >= 11 is 6.52. The zero-order valence-electron chi connectivity index (χ0n) is 20.9. The summed E-state index contributed by atoms with van der Waals surface area (Å²) in [7, 11) is 0. The number of nitriles is 1. The van der Waals surface area contributed by atoms with Crippen molar-refractivity contribution in [3.8, 4) is 28.7 Å². The number of rotatable bonds is 6. The van der Waals surface area contributed by atoms with Gasteiger partial charge in [0.15, 0.2) is 5.78 Å². The van der Waals surface area contributed by atoms with Crippen LogP contribution in [0.15, 0.2) is 59.5 Å². The Balaban J connectivity index is 1.53. The third kappa shape index (κ3) is 5.87. The van der Waals surface area contributed by atoms with Gasteiger partial charge in [0.25, 0.3) is 0 Å². The molecule has 1 aromatic heterocycles. The van der Waals surface area contributed by atoms with Gasteiger partial charge in [0.1, 0.15) is 23.1 Å². The third-order valence-electron chi connectivity index (χ3n) is 6.46. The lowest BCUT2D eigenvalue weighted by atomic mass is 9.74. The predicted molar refractivity (Wildman–Crippen MR) is 142 cm³/mol. The van der Waals surface area contributed by atoms with Crippen molar-refractivity contribution in [2.24, 2.45) is 5.92 Å². The maximum Gasteiger partial charge on any atom is 0.247 e. The maximum absolute atomic E-state index is 13.1. The summed E-state index contributed by atoms with van der Waals surface area (Å²) in [6, 6.07) is 15.5. The van der Waals surface area contributed by atoms with Crippen molar-refractivity contribution in [3.05, 3.63) is 81.2 Å². The number of aromatic amines is 1. The molecule has 2 heterocycles. The Bertz CT molecular complexity index is 1370. The van der Waals surface area contributed by atoms with Crippen LogP contribution in [0.5, 0.6) is 11.5 Å². The number of ketones is 1. The van der Waals surface area contributed by atoms with Crippen LogP contribution in [0.3, 0.4) is 0 Å². The minimum atomic E-state index is -0.223. The van der Waals surface area contributed by atoms with Crippen LogP contribution in [-0.2, 0) is 0 Å². The number of piperidine rings is 1. The Labute approximate surface area is 216 Å². The van der Waals surface area contributed by atoms with Gasteiger partial charge in [-0.3, -0.25) is 9.59 Å². The average molecular weight is 504 g/mol. The normalized spacial score (nSPS) is 16.8. The van der Waals surface area contributed by atoms with Crippen molar-refractivity contribution in [1.82, 2.24) is 10.3 Å². The molecule has 2 aromatic carbocycles. The van der Waals surface area contributed by atoms with Gasteiger partial charge in [0.2, 0.25) is 5.56 Å². The third-order valence-corrected chi connectivity index (χ3v) is 6.75. The zero-order valence-corrected chi connectivity index (χ0v) is 21.7. The summed E-state index contributed by atoms with van der Waals surface area (Å²) in [6.07, 6.45) is 3.88. The van der Waals surface area contributed by atoms with Gasteiger partial charge in [0.05, 0.1) is 5.02 Å². The molecule has 7 heteroatoms. The maximum atomic E-state index is 13.1. The van der Waals surface area contributed by atoms with E-state index < -0.39 is 0 Å². The van der Waals surface area contributed by atoms with E-state index in [2.05, 4.69) is 44.1 Å². The number of benzene rings is 2. The molecule has 2 N–H and O–H groups in total. The van der Waals surface area contributed by atoms with Gasteiger partial charge in [-0.1, -0.05) is 23.7 Å². The highest BCUT2D eigenvalue weighted by Crippen LogP contribution is 2.38. The molecule has 3 aromatic rings. The van der Waals surface area contributed by atoms with E-state index in [1.807, 2.05) is 0 Å². The van der Waals surface area contributed by atoms with E-state index in [1.165, 1.54) is 6.07 Å². The molecule has 186 valence electrons. The summed E-state index contributed by atoms with van der Waals surface area (Å²) < 4.78 is 6.01. The lowest BCUT2D eigenvalue weighted by Gasteiger charge is -2.46. The largest absolute Gasteiger partial charge is 0.454 e. The molecule has 0 aliphatic carbocycles. The van der Waals surface area contributed by atoms with Crippen LogP contribution in [0, 0.1) is 17.2 Å². The number of ether oxygens (including phenoxy) is 1. The van der Waals surface area contributed by atoms with Crippen LogP contribution in [0.4, 0.5) is 0 Å². The standard InChI is InChI=1S/C29H30ClN3O3/c1-28(2)14-18(15-29(3,4)33-28)12-24(34)19-8-10-26(23(30)13-19)36-25-7-5-6-21(22(25)16-31)20-9-11-27(35)32-17-20/h5-11,13,17-18,33H,12,14-15H2,1-4H3,(H,32,35). The summed E-state index contributed by atoms with van der Waals surface area (Å²) in [5, 5.41) is 13.8. The number of hydrogen-bond acceptors (Lipinski definition) is 5. The van der Waals surface area contributed by atoms with E-state index in [9.17, 15) is 14.9 Å². The molecule has 0 radical (unpaired) electrons. The molecule has 0 atom stereocenters. The summed E-state index contributed by atoms with van der Waals surface area (Å²) in [4.78, 5) is 27.1. The Kier molecular flexibility index (Phi) is 7.08. The second-order valence-electron chi connectivity index (χ2n) is 10.8. The smallest absolute Gasteiger partial charge is 0.247 e. The molecule has 36 heavy (non-hydrogen) atoms. The molecule has 0 amide bonds. The van der Waals surface area contributed by atoms with Crippen LogP contribution >= 0.6 is 11.6 Å². The second-order valence-corrected chi connectivity index (χ2v) is 11.2. The highest BCUT2D eigenvalue weighted by molar-refractivity contribution is 6.32. The van der Waals surface area contributed by atoms with Crippen LogP contribution in [-0.4, -0.2) is 21.8 Å². The summed E-state index contributed by atoms with van der Waals surface area (Å²) in [6.45, 7) is 8.71. The average Bonchev–Trinajstić information content (AvgIpc) is 2.78. The van der Waals surface area contributed by atoms with Gasteiger partial charge in [-0.05, 0) is 82.3 Å². The highest BCUT2D eigenvalue weighted by atomic mass is 35.5. The number of aromatic nitrogens is 1. The van der Waals surface area contributed by atoms with E-state index in [-0.39, 0.29) is 28.3 Å². The molecule has 1 fully saturated rings. The number of carbonyl (C=O) groups excluding carboxylic acids is 1. The van der Waals surface area contributed by atoms with Gasteiger partial charge in [-0.25, -0.2) is 0 Å². The van der Waals surface area contributed by atoms with E-state index >= 15 is 0 Å². The Hall–Kier alpha value is -3.40. The molecule has 1 aliphatic heterocycles. The van der Waals surface area contributed by atoms with Crippen LogP contribution < -0.4 is 15.6 Å². The van der Waals surface area contributed by atoms with E-state index in [0.717, 1.165) is 12.8 Å². The first-order valence-corrected chi connectivity index (χ1v) is 12.4. The second kappa shape index (κ2) is 9.93. The molecule has 6 nitrogen and oxygen atoms in total. The number of hydrogen-bond donors (Lipinski definition) is 2. The number of nitrogens with one attached hydrogen (secondary N) is 2. The lowest BCUT2D eigenvalue weighted by molar-refractivity contribution is 0.0864. The van der Waals surface area contributed by atoms with E-state index in [1.54, 1.807) is 48.7 Å². The van der Waals surface area contributed by atoms with Crippen molar-refractivity contribution in [1.29, 1.82) is 5.26 Å². The number of Topliss-reactive ketones (excluding diaryl/α,β-unsaturated/α-hetero) is 1. The van der Waals surface area contributed by atoms with Gasteiger partial charge < -0.3 is 15.0 Å². The van der Waals surface area contributed by atoms with Crippen LogP contribution in [0.2, 0.25) is 5.02 Å². The van der Waals surface area contributed by atoms with Crippen LogP contribution in [0.25, 0.3) is 11.1 Å². The van der Waals surface area contributed by atoms with Gasteiger partial charge in [-0.2, -0.15) is 5.26 Å². The Morgan fingerprint density at radius 3 is 2.42 bits per heavy atom. The summed E-state index contributed by atoms with van der Waals surface area (Å²) in [5.41, 5.74) is 1.91. The highest BCUT2D eigenvalue weighted by Gasteiger charge is 2.38. The molecule has 0 spiro atoms. The monoisotopic (exact) mass is 503 g/mol. The first-order valence-electron chi connectivity index (χ1n) is 12.0.